The highest BCUT2D eigenvalue weighted by atomic mass is 35.5. The highest BCUT2D eigenvalue weighted by molar-refractivity contribution is 7.80. The van der Waals surface area contributed by atoms with Crippen molar-refractivity contribution in [2.45, 2.75) is 19.9 Å². The molecule has 7 nitrogen and oxygen atoms in total. The maximum Gasteiger partial charge on any atom is 0.261 e. The molecule has 0 radical (unpaired) electrons. The van der Waals surface area contributed by atoms with Crippen molar-refractivity contribution in [3.63, 3.8) is 0 Å². The molecule has 3 N–H and O–H groups in total. The van der Waals surface area contributed by atoms with Gasteiger partial charge in [0.2, 0.25) is 0 Å². The van der Waals surface area contributed by atoms with Gasteiger partial charge in [-0.2, -0.15) is 5.10 Å². The third-order valence-corrected chi connectivity index (χ3v) is 3.55. The summed E-state index contributed by atoms with van der Waals surface area (Å²) in [4.78, 5) is 16.4. The van der Waals surface area contributed by atoms with Crippen LogP contribution in [-0.2, 0) is 6.54 Å². The van der Waals surface area contributed by atoms with Gasteiger partial charge in [0.1, 0.15) is 16.0 Å². The lowest BCUT2D eigenvalue weighted by Gasteiger charge is -2.08. The summed E-state index contributed by atoms with van der Waals surface area (Å²) in [5, 5.41) is 7.64. The van der Waals surface area contributed by atoms with E-state index >= 15 is 0 Å². The van der Waals surface area contributed by atoms with Gasteiger partial charge in [0.05, 0.1) is 5.56 Å². The predicted octanol–water partition coefficient (Wildman–Crippen LogP) is 2.40. The second kappa shape index (κ2) is 8.39. The largest absolute Gasteiger partial charge is 0.298 e. The maximum absolute atomic E-state index is 12.5. The van der Waals surface area contributed by atoms with Crippen LogP contribution in [0.15, 0.2) is 18.3 Å². The molecule has 0 aliphatic heterocycles. The number of hydrogen-bond donors (Lipinski definition) is 3. The van der Waals surface area contributed by atoms with E-state index in [4.69, 9.17) is 35.4 Å². The van der Waals surface area contributed by atoms with Crippen molar-refractivity contribution >= 4 is 46.4 Å². The van der Waals surface area contributed by atoms with E-state index in [9.17, 15) is 4.79 Å². The summed E-state index contributed by atoms with van der Waals surface area (Å²) in [7, 11) is 1.64. The smallest absolute Gasteiger partial charge is 0.261 e. The van der Waals surface area contributed by atoms with E-state index in [1.54, 1.807) is 30.1 Å². The number of pyridine rings is 1. The van der Waals surface area contributed by atoms with Gasteiger partial charge < -0.3 is 0 Å². The Morgan fingerprint density at radius 1 is 1.33 bits per heavy atom. The van der Waals surface area contributed by atoms with E-state index < -0.39 is 0 Å². The molecule has 128 valence electrons. The highest BCUT2D eigenvalue weighted by Gasteiger charge is 2.19. The molecule has 0 fully saturated rings. The van der Waals surface area contributed by atoms with Gasteiger partial charge in [0, 0.05) is 25.4 Å². The number of thiocarbonyl (C=S) groups is 1. The summed E-state index contributed by atoms with van der Waals surface area (Å²) >= 11 is 16.9. The molecule has 0 unspecified atom stereocenters. The molecule has 0 atom stereocenters. The SMILES string of the molecule is CCCn1cc(C(=O)NC(=S)NNC)c(-c2cc(Cl)nc(Cl)c2)n1. The average molecular weight is 387 g/mol. The summed E-state index contributed by atoms with van der Waals surface area (Å²) in [6.07, 6.45) is 2.54. The monoisotopic (exact) mass is 386 g/mol. The molecule has 1 amide bonds. The number of amides is 1. The van der Waals surface area contributed by atoms with Gasteiger partial charge in [-0.15, -0.1) is 0 Å². The van der Waals surface area contributed by atoms with E-state index in [2.05, 4.69) is 26.3 Å². The van der Waals surface area contributed by atoms with Crippen LogP contribution >= 0.6 is 35.4 Å². The number of carbonyl (C=O) groups excluding carboxylic acids is 1. The van der Waals surface area contributed by atoms with Crippen molar-refractivity contribution in [3.05, 3.63) is 34.2 Å². The van der Waals surface area contributed by atoms with Crippen molar-refractivity contribution in [3.8, 4) is 11.3 Å². The summed E-state index contributed by atoms with van der Waals surface area (Å²) in [5.74, 6) is -0.385. The van der Waals surface area contributed by atoms with Crippen molar-refractivity contribution in [1.82, 2.24) is 30.9 Å². The topological polar surface area (TPSA) is 83.9 Å². The molecular weight excluding hydrogens is 371 g/mol. The summed E-state index contributed by atoms with van der Waals surface area (Å²) in [6.45, 7) is 2.69. The summed E-state index contributed by atoms with van der Waals surface area (Å²) < 4.78 is 1.70. The van der Waals surface area contributed by atoms with E-state index in [0.29, 0.717) is 23.4 Å². The number of nitrogens with one attached hydrogen (secondary N) is 3. The summed E-state index contributed by atoms with van der Waals surface area (Å²) in [6, 6.07) is 3.21. The van der Waals surface area contributed by atoms with Gasteiger partial charge >= 0.3 is 0 Å². The molecule has 0 bridgehead atoms. The molecule has 24 heavy (non-hydrogen) atoms. The Bertz CT molecular complexity index is 743. The first-order valence-corrected chi connectivity index (χ1v) is 8.30. The third kappa shape index (κ3) is 4.64. The van der Waals surface area contributed by atoms with Crippen LogP contribution in [0.3, 0.4) is 0 Å². The highest BCUT2D eigenvalue weighted by Crippen LogP contribution is 2.26. The standard InChI is InChI=1S/C14H16Cl2N6OS/c1-3-4-22-7-9(13(23)19-14(24)20-17-2)12(21-22)8-5-10(15)18-11(16)6-8/h5-7,17H,3-4H2,1-2H3,(H2,19,20,23,24). The number of carbonyl (C=O) groups is 1. The lowest BCUT2D eigenvalue weighted by Crippen LogP contribution is -2.44. The number of aromatic nitrogens is 3. The number of rotatable bonds is 5. The molecule has 2 heterocycles. The van der Waals surface area contributed by atoms with E-state index in [1.165, 1.54) is 0 Å². The lowest BCUT2D eigenvalue weighted by atomic mass is 10.1. The second-order valence-electron chi connectivity index (χ2n) is 4.81. The molecule has 0 aromatic carbocycles. The Morgan fingerprint density at radius 2 is 2.00 bits per heavy atom. The fraction of sp³-hybridized carbons (Fsp3) is 0.286. The van der Waals surface area contributed by atoms with E-state index in [-0.39, 0.29) is 21.3 Å². The number of hydrazine groups is 1. The van der Waals surface area contributed by atoms with Crippen LogP contribution < -0.4 is 16.2 Å². The van der Waals surface area contributed by atoms with Crippen LogP contribution in [0.4, 0.5) is 0 Å². The first kappa shape index (κ1) is 18.6. The zero-order valence-corrected chi connectivity index (χ0v) is 15.4. The van der Waals surface area contributed by atoms with Gasteiger partial charge in [0.15, 0.2) is 5.11 Å². The van der Waals surface area contributed by atoms with Gasteiger partial charge in [-0.25, -0.2) is 10.4 Å². The zero-order chi connectivity index (χ0) is 17.7. The molecule has 2 aromatic heterocycles. The van der Waals surface area contributed by atoms with Crippen LogP contribution in [0.2, 0.25) is 10.3 Å². The van der Waals surface area contributed by atoms with Crippen LogP contribution in [0.25, 0.3) is 11.3 Å². The fourth-order valence-electron chi connectivity index (χ4n) is 2.06. The van der Waals surface area contributed by atoms with Crippen LogP contribution in [0, 0.1) is 0 Å². The lowest BCUT2D eigenvalue weighted by molar-refractivity contribution is 0.0977. The van der Waals surface area contributed by atoms with Crippen molar-refractivity contribution in [2.75, 3.05) is 7.05 Å². The Labute approximate surface area is 154 Å². The van der Waals surface area contributed by atoms with Crippen LogP contribution in [0.1, 0.15) is 23.7 Å². The van der Waals surface area contributed by atoms with E-state index in [1.807, 2.05) is 6.92 Å². The Balaban J connectivity index is 2.42. The van der Waals surface area contributed by atoms with Crippen molar-refractivity contribution < 1.29 is 4.79 Å². The molecule has 10 heteroatoms. The molecule has 0 aliphatic rings. The van der Waals surface area contributed by atoms with E-state index in [0.717, 1.165) is 6.42 Å². The average Bonchev–Trinajstić information content (AvgIpc) is 2.91. The number of aryl methyl sites for hydroxylation is 1. The maximum atomic E-state index is 12.5. The van der Waals surface area contributed by atoms with Gasteiger partial charge in [0.25, 0.3) is 5.91 Å². The van der Waals surface area contributed by atoms with Gasteiger partial charge in [-0.05, 0) is 30.8 Å². The second-order valence-corrected chi connectivity index (χ2v) is 6.00. The first-order valence-electron chi connectivity index (χ1n) is 7.13. The minimum atomic E-state index is -0.385. The predicted molar refractivity (Wildman–Crippen MR) is 98.0 cm³/mol. The molecular formula is C14H16Cl2N6OS. The number of nitrogens with zero attached hydrogens (tertiary/aromatic N) is 3. The number of hydrogen-bond acceptors (Lipinski definition) is 5. The normalized spacial score (nSPS) is 10.5. The Kier molecular flexibility index (Phi) is 6.50. The summed E-state index contributed by atoms with van der Waals surface area (Å²) in [5.41, 5.74) is 6.69. The first-order chi connectivity index (χ1) is 11.4. The Morgan fingerprint density at radius 3 is 2.58 bits per heavy atom. The van der Waals surface area contributed by atoms with Gasteiger partial charge in [-0.1, -0.05) is 30.1 Å². The third-order valence-electron chi connectivity index (χ3n) is 2.96. The van der Waals surface area contributed by atoms with Crippen LogP contribution in [0.5, 0.6) is 0 Å². The quantitative estimate of drug-likeness (QED) is 0.415. The van der Waals surface area contributed by atoms with Crippen LogP contribution in [-0.4, -0.2) is 32.8 Å². The fourth-order valence-corrected chi connectivity index (χ4v) is 2.72. The molecule has 0 aliphatic carbocycles. The molecule has 2 rings (SSSR count). The molecule has 2 aromatic rings. The zero-order valence-electron chi connectivity index (χ0n) is 13.1. The van der Waals surface area contributed by atoms with Crippen molar-refractivity contribution in [1.29, 1.82) is 0 Å². The van der Waals surface area contributed by atoms with Crippen molar-refractivity contribution in [2.24, 2.45) is 0 Å². The van der Waals surface area contributed by atoms with Gasteiger partial charge in [-0.3, -0.25) is 20.2 Å². The Hall–Kier alpha value is -1.74. The molecule has 0 spiro atoms. The molecule has 0 saturated heterocycles. The molecule has 0 saturated carbocycles. The number of halogens is 2. The minimum absolute atomic E-state index is 0.155. The minimum Gasteiger partial charge on any atom is -0.298 e.